The zero-order valence-corrected chi connectivity index (χ0v) is 10.8. The highest BCUT2D eigenvalue weighted by Gasteiger charge is 2.47. The van der Waals surface area contributed by atoms with Gasteiger partial charge in [-0.3, -0.25) is 10.1 Å². The Balaban J connectivity index is 2.42. The summed E-state index contributed by atoms with van der Waals surface area (Å²) in [6.07, 6.45) is -0.985. The van der Waals surface area contributed by atoms with Crippen LogP contribution in [0.3, 0.4) is 0 Å². The molecule has 9 heteroatoms. The van der Waals surface area contributed by atoms with Crippen LogP contribution in [0, 0.1) is 10.1 Å². The molecule has 2 rings (SSSR count). The largest absolute Gasteiger partial charge is 0.443 e. The number of benzene rings is 1. The third-order valence-corrected chi connectivity index (χ3v) is 3.25. The van der Waals surface area contributed by atoms with Gasteiger partial charge in [0.05, 0.1) is 9.40 Å². The van der Waals surface area contributed by atoms with Crippen molar-refractivity contribution in [1.82, 2.24) is 5.32 Å². The second kappa shape index (κ2) is 4.72. The maximum absolute atomic E-state index is 13.6. The normalized spacial score (nSPS) is 21.4. The van der Waals surface area contributed by atoms with Gasteiger partial charge in [0.25, 0.3) is 5.69 Å². The topological polar surface area (TPSA) is 81.5 Å². The van der Waals surface area contributed by atoms with Gasteiger partial charge in [-0.1, -0.05) is 6.07 Å². The maximum Gasteiger partial charge on any atom is 0.408 e. The van der Waals surface area contributed by atoms with E-state index in [2.05, 4.69) is 20.7 Å². The number of amides is 1. The van der Waals surface area contributed by atoms with Gasteiger partial charge >= 0.3 is 12.0 Å². The van der Waals surface area contributed by atoms with Crippen LogP contribution in [-0.2, 0) is 4.74 Å². The van der Waals surface area contributed by atoms with Gasteiger partial charge in [0, 0.05) is 6.07 Å². The first-order valence-corrected chi connectivity index (χ1v) is 5.85. The fourth-order valence-corrected chi connectivity index (χ4v) is 2.08. The van der Waals surface area contributed by atoms with Crippen LogP contribution in [0.25, 0.3) is 0 Å². The van der Waals surface area contributed by atoms with Crippen molar-refractivity contribution in [2.75, 3.05) is 6.61 Å². The summed E-state index contributed by atoms with van der Waals surface area (Å²) in [4.78, 5) is 21.1. The standard InChI is InChI=1S/C10H7BrF2N2O4/c11-6-2-1-5(3-7(6)15(17)18)8-10(12,13)4-19-9(16)14-8/h1-3,8H,4H2,(H,14,16)/t8-/m0/s1. The lowest BCUT2D eigenvalue weighted by Gasteiger charge is -2.31. The second-order valence-corrected chi connectivity index (χ2v) is 4.74. The molecule has 0 spiro atoms. The Morgan fingerprint density at radius 3 is 2.84 bits per heavy atom. The molecule has 102 valence electrons. The summed E-state index contributed by atoms with van der Waals surface area (Å²) in [5.74, 6) is -3.34. The number of ether oxygens (including phenoxy) is 1. The van der Waals surface area contributed by atoms with E-state index in [0.29, 0.717) is 0 Å². The van der Waals surface area contributed by atoms with Gasteiger partial charge in [-0.2, -0.15) is 0 Å². The first kappa shape index (κ1) is 13.7. The van der Waals surface area contributed by atoms with Gasteiger partial charge in [-0.05, 0) is 27.6 Å². The van der Waals surface area contributed by atoms with Crippen molar-refractivity contribution in [1.29, 1.82) is 0 Å². The minimum absolute atomic E-state index is 0.0587. The van der Waals surface area contributed by atoms with E-state index >= 15 is 0 Å². The molecule has 1 aromatic carbocycles. The summed E-state index contributed by atoms with van der Waals surface area (Å²) < 4.78 is 31.7. The molecule has 6 nitrogen and oxygen atoms in total. The molecule has 0 saturated carbocycles. The van der Waals surface area contributed by atoms with Crippen LogP contribution in [0.2, 0.25) is 0 Å². The fourth-order valence-electron chi connectivity index (χ4n) is 1.69. The first-order valence-electron chi connectivity index (χ1n) is 5.06. The van der Waals surface area contributed by atoms with Gasteiger partial charge in [-0.15, -0.1) is 0 Å². The summed E-state index contributed by atoms with van der Waals surface area (Å²) in [6, 6.07) is 1.90. The van der Waals surface area contributed by atoms with Crippen LogP contribution in [-0.4, -0.2) is 23.5 Å². The summed E-state index contributed by atoms with van der Waals surface area (Å²) in [5.41, 5.74) is -0.411. The number of halogens is 3. The number of alkyl halides is 2. The van der Waals surface area contributed by atoms with Crippen molar-refractivity contribution in [2.45, 2.75) is 12.0 Å². The van der Waals surface area contributed by atoms with E-state index in [-0.39, 0.29) is 15.7 Å². The van der Waals surface area contributed by atoms with E-state index in [1.54, 1.807) is 0 Å². The number of alkyl carbamates (subject to hydrolysis) is 1. The van der Waals surface area contributed by atoms with E-state index in [1.165, 1.54) is 12.1 Å². The van der Waals surface area contributed by atoms with Crippen LogP contribution in [0.1, 0.15) is 11.6 Å². The van der Waals surface area contributed by atoms with E-state index in [9.17, 15) is 23.7 Å². The van der Waals surface area contributed by atoms with Gasteiger partial charge < -0.3 is 10.1 Å². The Kier molecular flexibility index (Phi) is 3.40. The lowest BCUT2D eigenvalue weighted by atomic mass is 9.99. The van der Waals surface area contributed by atoms with Crippen LogP contribution < -0.4 is 5.32 Å². The fraction of sp³-hybridized carbons (Fsp3) is 0.300. The number of carbonyl (C=O) groups excluding carboxylic acids is 1. The highest BCUT2D eigenvalue weighted by molar-refractivity contribution is 9.10. The molecule has 0 bridgehead atoms. The van der Waals surface area contributed by atoms with Crippen molar-refractivity contribution in [3.8, 4) is 0 Å². The Hall–Kier alpha value is -1.77. The van der Waals surface area contributed by atoms with Gasteiger partial charge in [0.1, 0.15) is 6.04 Å². The molecular formula is C10H7BrF2N2O4. The van der Waals surface area contributed by atoms with Crippen molar-refractivity contribution in [3.63, 3.8) is 0 Å². The number of nitro benzene ring substituents is 1. The lowest BCUT2D eigenvalue weighted by Crippen LogP contribution is -2.49. The third-order valence-electron chi connectivity index (χ3n) is 2.58. The Labute approximate surface area is 114 Å². The minimum atomic E-state index is -3.34. The van der Waals surface area contributed by atoms with Gasteiger partial charge in [0.2, 0.25) is 0 Å². The summed E-state index contributed by atoms with van der Waals surface area (Å²) in [7, 11) is 0. The summed E-state index contributed by atoms with van der Waals surface area (Å²) in [5, 5.41) is 12.7. The Morgan fingerprint density at radius 1 is 1.53 bits per heavy atom. The number of hydrogen-bond acceptors (Lipinski definition) is 4. The van der Waals surface area contributed by atoms with E-state index in [1.807, 2.05) is 5.32 Å². The van der Waals surface area contributed by atoms with Crippen molar-refractivity contribution >= 4 is 27.7 Å². The average molecular weight is 337 g/mol. The molecule has 0 aromatic heterocycles. The quantitative estimate of drug-likeness (QED) is 0.665. The number of hydrogen-bond donors (Lipinski definition) is 1. The molecule has 1 heterocycles. The Bertz CT molecular complexity index is 552. The highest BCUT2D eigenvalue weighted by atomic mass is 79.9. The molecule has 1 N–H and O–H groups in total. The predicted molar refractivity (Wildman–Crippen MR) is 63.0 cm³/mol. The first-order chi connectivity index (χ1) is 8.81. The zero-order valence-electron chi connectivity index (χ0n) is 9.23. The van der Waals surface area contributed by atoms with Crippen molar-refractivity contribution < 1.29 is 23.2 Å². The average Bonchev–Trinajstić information content (AvgIpc) is 2.33. The SMILES string of the molecule is O=C1N[C@@H](c2ccc(Br)c([N+](=O)[O-])c2)C(F)(F)CO1. The molecule has 0 radical (unpaired) electrons. The van der Waals surface area contributed by atoms with Gasteiger partial charge in [-0.25, -0.2) is 13.6 Å². The van der Waals surface area contributed by atoms with Crippen molar-refractivity contribution in [2.24, 2.45) is 0 Å². The van der Waals surface area contributed by atoms with Gasteiger partial charge in [0.15, 0.2) is 6.61 Å². The number of nitro groups is 1. The van der Waals surface area contributed by atoms with Crippen LogP contribution in [0.15, 0.2) is 22.7 Å². The lowest BCUT2D eigenvalue weighted by molar-refractivity contribution is -0.385. The molecule has 0 unspecified atom stereocenters. The highest BCUT2D eigenvalue weighted by Crippen LogP contribution is 2.37. The number of nitrogens with one attached hydrogen (secondary N) is 1. The summed E-state index contributed by atoms with van der Waals surface area (Å²) in [6.45, 7) is -1.06. The molecule has 1 aliphatic rings. The Morgan fingerprint density at radius 2 is 2.21 bits per heavy atom. The molecular weight excluding hydrogens is 330 g/mol. The van der Waals surface area contributed by atoms with Crippen LogP contribution >= 0.6 is 15.9 Å². The number of cyclic esters (lactones) is 1. The maximum atomic E-state index is 13.6. The minimum Gasteiger partial charge on any atom is -0.443 e. The van der Waals surface area contributed by atoms with E-state index in [4.69, 9.17) is 0 Å². The van der Waals surface area contributed by atoms with Crippen LogP contribution in [0.4, 0.5) is 19.3 Å². The smallest absolute Gasteiger partial charge is 0.408 e. The van der Waals surface area contributed by atoms with Crippen LogP contribution in [0.5, 0.6) is 0 Å². The monoisotopic (exact) mass is 336 g/mol. The number of rotatable bonds is 2. The third kappa shape index (κ3) is 2.65. The van der Waals surface area contributed by atoms with Crippen molar-refractivity contribution in [3.05, 3.63) is 38.3 Å². The molecule has 0 aliphatic carbocycles. The molecule has 19 heavy (non-hydrogen) atoms. The predicted octanol–water partition coefficient (Wildman–Crippen LogP) is 2.77. The zero-order chi connectivity index (χ0) is 14.2. The summed E-state index contributed by atoms with van der Waals surface area (Å²) >= 11 is 2.95. The van der Waals surface area contributed by atoms with E-state index in [0.717, 1.165) is 6.07 Å². The molecule has 1 fully saturated rings. The molecule has 1 saturated heterocycles. The number of carbonyl (C=O) groups is 1. The number of nitrogens with zero attached hydrogens (tertiary/aromatic N) is 1. The molecule has 1 aliphatic heterocycles. The molecule has 1 amide bonds. The second-order valence-electron chi connectivity index (χ2n) is 3.88. The molecule has 1 aromatic rings. The van der Waals surface area contributed by atoms with E-state index < -0.39 is 29.6 Å². The molecule has 1 atom stereocenters.